The molecule has 4 nitrogen and oxygen atoms in total. The van der Waals surface area contributed by atoms with Crippen molar-refractivity contribution in [1.29, 1.82) is 0 Å². The van der Waals surface area contributed by atoms with Gasteiger partial charge in [0.1, 0.15) is 12.4 Å². The number of esters is 2. The summed E-state index contributed by atoms with van der Waals surface area (Å²) in [5.74, 6) is -0.426. The fourth-order valence-electron chi connectivity index (χ4n) is 1.13. The lowest BCUT2D eigenvalue weighted by Crippen LogP contribution is -2.08. The zero-order valence-corrected chi connectivity index (χ0v) is 9.64. The van der Waals surface area contributed by atoms with Crippen LogP contribution in [0.1, 0.15) is 18.9 Å². The van der Waals surface area contributed by atoms with Crippen LogP contribution in [0, 0.1) is 0 Å². The van der Waals surface area contributed by atoms with Gasteiger partial charge in [0, 0.05) is 18.1 Å². The van der Waals surface area contributed by atoms with Crippen molar-refractivity contribution in [2.75, 3.05) is 0 Å². The van der Waals surface area contributed by atoms with Gasteiger partial charge in [0.2, 0.25) is 0 Å². The van der Waals surface area contributed by atoms with Crippen molar-refractivity contribution >= 4 is 11.9 Å². The smallest absolute Gasteiger partial charge is 0.330 e. The van der Waals surface area contributed by atoms with E-state index in [4.69, 9.17) is 9.47 Å². The SMILES string of the molecule is C=CC(=O)OCc1ccccc1OC(=O)CC. The van der Waals surface area contributed by atoms with E-state index >= 15 is 0 Å². The molecule has 1 aromatic carbocycles. The third kappa shape index (κ3) is 4.10. The van der Waals surface area contributed by atoms with Crippen LogP contribution in [-0.4, -0.2) is 11.9 Å². The molecule has 0 aliphatic carbocycles. The highest BCUT2D eigenvalue weighted by Gasteiger charge is 2.08. The Morgan fingerprint density at radius 1 is 1.35 bits per heavy atom. The Labute approximate surface area is 99.8 Å². The predicted molar refractivity (Wildman–Crippen MR) is 62.4 cm³/mol. The number of carbonyl (C=O) groups is 2. The van der Waals surface area contributed by atoms with E-state index in [1.54, 1.807) is 31.2 Å². The van der Waals surface area contributed by atoms with Gasteiger partial charge >= 0.3 is 11.9 Å². The summed E-state index contributed by atoms with van der Waals surface area (Å²) in [5.41, 5.74) is 0.643. The van der Waals surface area contributed by atoms with Gasteiger partial charge in [-0.1, -0.05) is 31.7 Å². The molecule has 90 valence electrons. The first-order valence-corrected chi connectivity index (χ1v) is 5.25. The number of para-hydroxylation sites is 1. The number of benzene rings is 1. The molecule has 0 radical (unpaired) electrons. The predicted octanol–water partition coefficient (Wildman–Crippen LogP) is 2.23. The maximum absolute atomic E-state index is 11.2. The third-order valence-corrected chi connectivity index (χ3v) is 2.02. The Balaban J connectivity index is 2.73. The van der Waals surface area contributed by atoms with Crippen LogP contribution < -0.4 is 4.74 Å². The summed E-state index contributed by atoms with van der Waals surface area (Å²) in [4.78, 5) is 22.1. The maximum Gasteiger partial charge on any atom is 0.330 e. The first-order chi connectivity index (χ1) is 8.17. The Morgan fingerprint density at radius 3 is 2.71 bits per heavy atom. The van der Waals surface area contributed by atoms with E-state index in [-0.39, 0.29) is 12.6 Å². The minimum absolute atomic E-state index is 0.0536. The Hall–Kier alpha value is -2.10. The van der Waals surface area contributed by atoms with Gasteiger partial charge < -0.3 is 9.47 Å². The highest BCUT2D eigenvalue weighted by molar-refractivity contribution is 5.81. The summed E-state index contributed by atoms with van der Waals surface area (Å²) in [6.45, 7) is 5.06. The molecule has 0 atom stereocenters. The highest BCUT2D eigenvalue weighted by Crippen LogP contribution is 2.19. The number of rotatable bonds is 5. The van der Waals surface area contributed by atoms with Gasteiger partial charge in [-0.25, -0.2) is 4.79 Å². The molecule has 0 aliphatic rings. The second-order valence-corrected chi connectivity index (χ2v) is 3.25. The first kappa shape index (κ1) is 13.0. The standard InChI is InChI=1S/C13H14O4/c1-3-12(14)16-9-10-7-5-6-8-11(10)17-13(15)4-2/h3,5-8H,1,4,9H2,2H3. The quantitative estimate of drug-likeness (QED) is 0.445. The fourth-order valence-corrected chi connectivity index (χ4v) is 1.13. The Bertz CT molecular complexity index is 423. The van der Waals surface area contributed by atoms with Gasteiger partial charge in [0.15, 0.2) is 0 Å². The van der Waals surface area contributed by atoms with Crippen molar-refractivity contribution in [3.63, 3.8) is 0 Å². The maximum atomic E-state index is 11.2. The largest absolute Gasteiger partial charge is 0.458 e. The summed E-state index contributed by atoms with van der Waals surface area (Å²) in [5, 5.41) is 0. The molecule has 1 rings (SSSR count). The first-order valence-electron chi connectivity index (χ1n) is 5.25. The lowest BCUT2D eigenvalue weighted by Gasteiger charge is -2.09. The molecule has 0 amide bonds. The van der Waals surface area contributed by atoms with E-state index < -0.39 is 5.97 Å². The van der Waals surface area contributed by atoms with Crippen molar-refractivity contribution in [1.82, 2.24) is 0 Å². The van der Waals surface area contributed by atoms with Gasteiger partial charge in [-0.05, 0) is 6.07 Å². The number of hydrogen-bond acceptors (Lipinski definition) is 4. The van der Waals surface area contributed by atoms with Crippen LogP contribution >= 0.6 is 0 Å². The molecule has 4 heteroatoms. The molecule has 0 unspecified atom stereocenters. The molecule has 0 aromatic heterocycles. The summed E-state index contributed by atoms with van der Waals surface area (Å²) < 4.78 is 9.99. The summed E-state index contributed by atoms with van der Waals surface area (Å²) >= 11 is 0. The molecule has 0 saturated heterocycles. The average Bonchev–Trinajstić information content (AvgIpc) is 2.37. The van der Waals surface area contributed by atoms with Crippen LogP contribution in [0.4, 0.5) is 0 Å². The molecular formula is C13H14O4. The van der Waals surface area contributed by atoms with E-state index in [2.05, 4.69) is 6.58 Å². The van der Waals surface area contributed by atoms with Crippen LogP contribution in [0.5, 0.6) is 5.75 Å². The average molecular weight is 234 g/mol. The van der Waals surface area contributed by atoms with E-state index in [9.17, 15) is 9.59 Å². The molecule has 0 aliphatic heterocycles. The second-order valence-electron chi connectivity index (χ2n) is 3.25. The fraction of sp³-hybridized carbons (Fsp3) is 0.231. The van der Waals surface area contributed by atoms with Crippen molar-refractivity contribution in [3.8, 4) is 5.75 Å². The second kappa shape index (κ2) is 6.48. The van der Waals surface area contributed by atoms with Crippen molar-refractivity contribution < 1.29 is 19.1 Å². The van der Waals surface area contributed by atoms with Gasteiger partial charge in [-0.3, -0.25) is 4.79 Å². The van der Waals surface area contributed by atoms with Gasteiger partial charge in [0.05, 0.1) is 0 Å². The number of ether oxygens (including phenoxy) is 2. The zero-order valence-electron chi connectivity index (χ0n) is 9.64. The third-order valence-electron chi connectivity index (χ3n) is 2.02. The Kier molecular flexibility index (Phi) is 4.94. The molecular weight excluding hydrogens is 220 g/mol. The molecule has 0 saturated carbocycles. The van der Waals surface area contributed by atoms with Crippen molar-refractivity contribution in [2.24, 2.45) is 0 Å². The van der Waals surface area contributed by atoms with Crippen molar-refractivity contribution in [3.05, 3.63) is 42.5 Å². The Morgan fingerprint density at radius 2 is 2.06 bits per heavy atom. The highest BCUT2D eigenvalue weighted by atomic mass is 16.5. The van der Waals surface area contributed by atoms with E-state index in [0.29, 0.717) is 17.7 Å². The van der Waals surface area contributed by atoms with Crippen LogP contribution in [0.15, 0.2) is 36.9 Å². The van der Waals surface area contributed by atoms with Gasteiger partial charge in [0.25, 0.3) is 0 Å². The minimum Gasteiger partial charge on any atom is -0.458 e. The molecule has 17 heavy (non-hydrogen) atoms. The van der Waals surface area contributed by atoms with Crippen LogP contribution in [0.25, 0.3) is 0 Å². The van der Waals surface area contributed by atoms with Crippen LogP contribution in [0.3, 0.4) is 0 Å². The normalized spacial score (nSPS) is 9.47. The summed E-state index contributed by atoms with van der Waals surface area (Å²) in [6.07, 6.45) is 1.38. The van der Waals surface area contributed by atoms with Crippen molar-refractivity contribution in [2.45, 2.75) is 20.0 Å². The molecule has 0 N–H and O–H groups in total. The van der Waals surface area contributed by atoms with Crippen LogP contribution in [0.2, 0.25) is 0 Å². The summed E-state index contributed by atoms with van der Waals surface area (Å²) in [7, 11) is 0. The molecule has 0 fully saturated rings. The molecule has 0 spiro atoms. The van der Waals surface area contributed by atoms with Gasteiger partial charge in [-0.2, -0.15) is 0 Å². The lowest BCUT2D eigenvalue weighted by atomic mass is 10.2. The molecule has 0 bridgehead atoms. The molecule has 1 aromatic rings. The van der Waals surface area contributed by atoms with E-state index in [0.717, 1.165) is 6.08 Å². The monoisotopic (exact) mass is 234 g/mol. The zero-order chi connectivity index (χ0) is 12.7. The van der Waals surface area contributed by atoms with E-state index in [1.807, 2.05) is 0 Å². The van der Waals surface area contributed by atoms with E-state index in [1.165, 1.54) is 0 Å². The number of carbonyl (C=O) groups excluding carboxylic acids is 2. The van der Waals surface area contributed by atoms with Crippen LogP contribution in [-0.2, 0) is 20.9 Å². The topological polar surface area (TPSA) is 52.6 Å². The summed E-state index contributed by atoms with van der Waals surface area (Å²) in [6, 6.07) is 6.91. The molecule has 0 heterocycles. The van der Waals surface area contributed by atoms with Gasteiger partial charge in [-0.15, -0.1) is 0 Å². The number of hydrogen-bond donors (Lipinski definition) is 0. The minimum atomic E-state index is -0.512. The lowest BCUT2D eigenvalue weighted by molar-refractivity contribution is -0.139.